The van der Waals surface area contributed by atoms with Crippen LogP contribution < -0.4 is 5.32 Å². The van der Waals surface area contributed by atoms with Gasteiger partial charge in [-0.15, -0.1) is 0 Å². The monoisotopic (exact) mass is 380 g/mol. The fourth-order valence-electron chi connectivity index (χ4n) is 4.42. The first-order chi connectivity index (χ1) is 13.5. The van der Waals surface area contributed by atoms with Crippen molar-refractivity contribution in [3.63, 3.8) is 0 Å². The standard InChI is InChI=1S/C22H24N2O4/c1-4-28-21(25)19-18-15-8-6-5-7-14(15)12-24(22(26)27-3)20(18)16-11-13(2)9-10-17(16)23-19/h5-11,18-20,23H,4,12H2,1-3H3/t18-,19+,20+/m0/s1. The first-order valence-electron chi connectivity index (χ1n) is 9.51. The van der Waals surface area contributed by atoms with Gasteiger partial charge in [0.25, 0.3) is 0 Å². The molecule has 0 aliphatic carbocycles. The number of methoxy groups -OCH3 is 1. The highest BCUT2D eigenvalue weighted by Crippen LogP contribution is 2.50. The van der Waals surface area contributed by atoms with Gasteiger partial charge in [-0.05, 0) is 36.6 Å². The minimum absolute atomic E-state index is 0.266. The number of hydrogen-bond acceptors (Lipinski definition) is 5. The van der Waals surface area contributed by atoms with E-state index in [1.54, 1.807) is 11.8 Å². The molecule has 0 saturated carbocycles. The number of carbonyl (C=O) groups excluding carboxylic acids is 2. The first-order valence-corrected chi connectivity index (χ1v) is 9.51. The molecule has 6 heteroatoms. The molecule has 4 rings (SSSR count). The van der Waals surface area contributed by atoms with Crippen LogP contribution in [0.4, 0.5) is 10.5 Å². The molecular weight excluding hydrogens is 356 g/mol. The van der Waals surface area contributed by atoms with Crippen LogP contribution in [-0.2, 0) is 20.8 Å². The average molecular weight is 380 g/mol. The van der Waals surface area contributed by atoms with Crippen LogP contribution in [0.3, 0.4) is 0 Å². The van der Waals surface area contributed by atoms with Crippen molar-refractivity contribution in [1.82, 2.24) is 4.90 Å². The van der Waals surface area contributed by atoms with Gasteiger partial charge in [0.15, 0.2) is 0 Å². The average Bonchev–Trinajstić information content (AvgIpc) is 2.71. The van der Waals surface area contributed by atoms with Gasteiger partial charge in [0.1, 0.15) is 6.04 Å². The van der Waals surface area contributed by atoms with Crippen LogP contribution in [0.1, 0.15) is 41.1 Å². The molecule has 0 unspecified atom stereocenters. The van der Waals surface area contributed by atoms with E-state index >= 15 is 0 Å². The van der Waals surface area contributed by atoms with Crippen molar-refractivity contribution in [3.05, 3.63) is 64.7 Å². The molecule has 0 spiro atoms. The highest BCUT2D eigenvalue weighted by molar-refractivity contribution is 5.84. The number of ether oxygens (including phenoxy) is 2. The van der Waals surface area contributed by atoms with E-state index in [0.29, 0.717) is 13.2 Å². The second-order valence-corrected chi connectivity index (χ2v) is 7.23. The van der Waals surface area contributed by atoms with Crippen LogP contribution >= 0.6 is 0 Å². The highest BCUT2D eigenvalue weighted by atomic mass is 16.5. The lowest BCUT2D eigenvalue weighted by molar-refractivity contribution is -0.145. The molecule has 1 N–H and O–H groups in total. The SMILES string of the molecule is CCOC(=O)[C@@H]1Nc2ccc(C)cc2[C@@H]2[C@H]1c1ccccc1CN2C(=O)OC. The molecule has 2 aromatic rings. The van der Waals surface area contributed by atoms with E-state index in [0.717, 1.165) is 27.9 Å². The van der Waals surface area contributed by atoms with Gasteiger partial charge in [-0.2, -0.15) is 0 Å². The molecule has 6 nitrogen and oxygen atoms in total. The second kappa shape index (κ2) is 7.19. The van der Waals surface area contributed by atoms with E-state index in [1.165, 1.54) is 7.11 Å². The Balaban J connectivity index is 1.93. The van der Waals surface area contributed by atoms with Gasteiger partial charge in [-0.25, -0.2) is 9.59 Å². The van der Waals surface area contributed by atoms with Crippen LogP contribution in [0.5, 0.6) is 0 Å². The summed E-state index contributed by atoms with van der Waals surface area (Å²) >= 11 is 0. The van der Waals surface area contributed by atoms with Crippen LogP contribution in [-0.4, -0.2) is 36.7 Å². The molecule has 1 amide bonds. The maximum Gasteiger partial charge on any atom is 0.410 e. The fourth-order valence-corrected chi connectivity index (χ4v) is 4.42. The lowest BCUT2D eigenvalue weighted by atomic mass is 9.73. The number of esters is 1. The number of carbonyl (C=O) groups is 2. The van der Waals surface area contributed by atoms with Crippen LogP contribution in [0.25, 0.3) is 0 Å². The Morgan fingerprint density at radius 1 is 1.18 bits per heavy atom. The maximum atomic E-state index is 12.9. The third kappa shape index (κ3) is 2.89. The number of aryl methyl sites for hydroxylation is 1. The molecule has 2 aliphatic heterocycles. The number of hydrogen-bond donors (Lipinski definition) is 1. The summed E-state index contributed by atoms with van der Waals surface area (Å²) in [5.41, 5.74) is 5.01. The number of fused-ring (bicyclic) bond motifs is 5. The molecule has 0 aromatic heterocycles. The third-order valence-corrected chi connectivity index (χ3v) is 5.58. The van der Waals surface area contributed by atoms with Gasteiger partial charge in [0.05, 0.1) is 19.8 Å². The number of nitrogens with one attached hydrogen (secondary N) is 1. The minimum atomic E-state index is -0.589. The Morgan fingerprint density at radius 3 is 2.71 bits per heavy atom. The fraction of sp³-hybridized carbons (Fsp3) is 0.364. The van der Waals surface area contributed by atoms with Crippen molar-refractivity contribution in [3.8, 4) is 0 Å². The van der Waals surface area contributed by atoms with Gasteiger partial charge in [-0.1, -0.05) is 42.0 Å². The smallest absolute Gasteiger partial charge is 0.410 e. The molecule has 146 valence electrons. The third-order valence-electron chi connectivity index (χ3n) is 5.58. The Morgan fingerprint density at radius 2 is 1.96 bits per heavy atom. The molecule has 2 aliphatic rings. The predicted octanol–water partition coefficient (Wildman–Crippen LogP) is 3.76. The van der Waals surface area contributed by atoms with Gasteiger partial charge in [0, 0.05) is 18.2 Å². The molecule has 0 saturated heterocycles. The zero-order valence-electron chi connectivity index (χ0n) is 16.3. The summed E-state index contributed by atoms with van der Waals surface area (Å²) in [6, 6.07) is 13.1. The quantitative estimate of drug-likeness (QED) is 0.804. The number of rotatable bonds is 2. The van der Waals surface area contributed by atoms with Crippen molar-refractivity contribution in [1.29, 1.82) is 0 Å². The molecule has 28 heavy (non-hydrogen) atoms. The largest absolute Gasteiger partial charge is 0.464 e. The molecule has 0 fully saturated rings. The summed E-state index contributed by atoms with van der Waals surface area (Å²) in [6.07, 6.45) is -0.401. The Hall–Kier alpha value is -3.02. The summed E-state index contributed by atoms with van der Waals surface area (Å²) < 4.78 is 10.5. The van der Waals surface area contributed by atoms with Crippen LogP contribution in [0, 0.1) is 6.92 Å². The van der Waals surface area contributed by atoms with Crippen molar-refractivity contribution in [2.75, 3.05) is 19.0 Å². The van der Waals surface area contributed by atoms with Crippen molar-refractivity contribution in [2.45, 2.75) is 38.4 Å². The molecule has 2 aromatic carbocycles. The van der Waals surface area contributed by atoms with E-state index in [-0.39, 0.29) is 17.9 Å². The lowest BCUT2D eigenvalue weighted by Gasteiger charge is -2.48. The summed E-state index contributed by atoms with van der Waals surface area (Å²) in [7, 11) is 1.39. The zero-order chi connectivity index (χ0) is 19.8. The summed E-state index contributed by atoms with van der Waals surface area (Å²) in [6.45, 7) is 4.56. The molecule has 0 bridgehead atoms. The van der Waals surface area contributed by atoms with Gasteiger partial charge in [0.2, 0.25) is 0 Å². The van der Waals surface area contributed by atoms with Crippen molar-refractivity contribution < 1.29 is 19.1 Å². The van der Waals surface area contributed by atoms with Gasteiger partial charge in [-0.3, -0.25) is 4.90 Å². The topological polar surface area (TPSA) is 67.9 Å². The molecule has 2 heterocycles. The number of nitrogens with zero attached hydrogens (tertiary/aromatic N) is 1. The van der Waals surface area contributed by atoms with Crippen LogP contribution in [0.2, 0.25) is 0 Å². The molecule has 3 atom stereocenters. The molecule has 0 radical (unpaired) electrons. The van der Waals surface area contributed by atoms with Gasteiger partial charge >= 0.3 is 12.1 Å². The van der Waals surface area contributed by atoms with E-state index in [1.807, 2.05) is 43.3 Å². The van der Waals surface area contributed by atoms with E-state index in [2.05, 4.69) is 11.4 Å². The van der Waals surface area contributed by atoms with Crippen molar-refractivity contribution >= 4 is 17.7 Å². The van der Waals surface area contributed by atoms with E-state index in [4.69, 9.17) is 9.47 Å². The number of benzene rings is 2. The number of amides is 1. The Labute approximate surface area is 164 Å². The first kappa shape index (κ1) is 18.3. The summed E-state index contributed by atoms with van der Waals surface area (Å²) in [5.74, 6) is -0.581. The van der Waals surface area contributed by atoms with Crippen LogP contribution in [0.15, 0.2) is 42.5 Å². The summed E-state index contributed by atoms with van der Waals surface area (Å²) in [4.78, 5) is 27.3. The van der Waals surface area contributed by atoms with Crippen molar-refractivity contribution in [2.24, 2.45) is 0 Å². The maximum absolute atomic E-state index is 12.9. The Kier molecular flexibility index (Phi) is 4.71. The summed E-state index contributed by atoms with van der Waals surface area (Å²) in [5, 5.41) is 3.37. The highest BCUT2D eigenvalue weighted by Gasteiger charge is 2.49. The minimum Gasteiger partial charge on any atom is -0.464 e. The number of anilines is 1. The van der Waals surface area contributed by atoms with Gasteiger partial charge < -0.3 is 14.8 Å². The second-order valence-electron chi connectivity index (χ2n) is 7.23. The van der Waals surface area contributed by atoms with E-state index < -0.39 is 12.1 Å². The Bertz CT molecular complexity index is 927. The predicted molar refractivity (Wildman–Crippen MR) is 105 cm³/mol. The normalized spacial score (nSPS) is 22.2. The molecular formula is C22H24N2O4. The zero-order valence-corrected chi connectivity index (χ0v) is 16.3. The lowest BCUT2D eigenvalue weighted by Crippen LogP contribution is -2.51. The van der Waals surface area contributed by atoms with E-state index in [9.17, 15) is 9.59 Å².